The number of aromatic nitrogens is 3. The molecular formula is C12H15N5O2. The number of carbonyl (C=O) groups excluding carboxylic acids is 1. The molecule has 0 spiro atoms. The van der Waals surface area contributed by atoms with Gasteiger partial charge in [-0.2, -0.15) is 4.98 Å². The molecule has 1 aromatic carbocycles. The molecule has 2 rings (SSSR count). The molecule has 0 radical (unpaired) electrons. The second-order valence-electron chi connectivity index (χ2n) is 4.26. The van der Waals surface area contributed by atoms with E-state index >= 15 is 0 Å². The zero-order valence-corrected chi connectivity index (χ0v) is 11.0. The van der Waals surface area contributed by atoms with Crippen molar-refractivity contribution in [1.82, 2.24) is 19.7 Å². The van der Waals surface area contributed by atoms with Crippen LogP contribution in [0.25, 0.3) is 0 Å². The lowest BCUT2D eigenvalue weighted by Crippen LogP contribution is -2.21. The highest BCUT2D eigenvalue weighted by Crippen LogP contribution is 2.26. The zero-order chi connectivity index (χ0) is 14.0. The number of nitrogen functional groups attached to an aromatic ring is 1. The van der Waals surface area contributed by atoms with Crippen molar-refractivity contribution in [3.63, 3.8) is 0 Å². The Morgan fingerprint density at radius 3 is 2.68 bits per heavy atom. The van der Waals surface area contributed by atoms with Crippen LogP contribution in [0.5, 0.6) is 11.8 Å². The summed E-state index contributed by atoms with van der Waals surface area (Å²) in [7, 11) is 5.10. The summed E-state index contributed by atoms with van der Waals surface area (Å²) in [6.45, 7) is 0. The van der Waals surface area contributed by atoms with Gasteiger partial charge in [0.2, 0.25) is 0 Å². The molecule has 0 saturated heterocycles. The third kappa shape index (κ3) is 2.82. The summed E-state index contributed by atoms with van der Waals surface area (Å²) in [6.07, 6.45) is 1.52. The Kier molecular flexibility index (Phi) is 3.37. The summed E-state index contributed by atoms with van der Waals surface area (Å²) >= 11 is 0. The summed E-state index contributed by atoms with van der Waals surface area (Å²) in [5.74, 6) is 0.302. The fourth-order valence-corrected chi connectivity index (χ4v) is 1.50. The van der Waals surface area contributed by atoms with Gasteiger partial charge in [-0.05, 0) is 18.2 Å². The van der Waals surface area contributed by atoms with Gasteiger partial charge < -0.3 is 15.4 Å². The van der Waals surface area contributed by atoms with E-state index in [4.69, 9.17) is 10.5 Å². The third-order valence-electron chi connectivity index (χ3n) is 2.44. The quantitative estimate of drug-likeness (QED) is 0.829. The first-order valence-electron chi connectivity index (χ1n) is 5.62. The Labute approximate surface area is 110 Å². The maximum Gasteiger partial charge on any atom is 0.341 e. The molecule has 0 aliphatic carbocycles. The number of aryl methyl sites for hydroxylation is 1. The predicted molar refractivity (Wildman–Crippen MR) is 69.9 cm³/mol. The van der Waals surface area contributed by atoms with Gasteiger partial charge in [0.1, 0.15) is 6.33 Å². The molecule has 2 aromatic rings. The number of amides is 1. The minimum absolute atomic E-state index is 0.116. The van der Waals surface area contributed by atoms with Crippen molar-refractivity contribution in [1.29, 1.82) is 0 Å². The normalized spacial score (nSPS) is 10.3. The zero-order valence-electron chi connectivity index (χ0n) is 11.0. The number of anilines is 1. The van der Waals surface area contributed by atoms with Crippen molar-refractivity contribution >= 4 is 11.6 Å². The van der Waals surface area contributed by atoms with Gasteiger partial charge in [0.25, 0.3) is 5.91 Å². The molecule has 0 atom stereocenters. The molecule has 0 unspecified atom stereocenters. The number of nitrogens with two attached hydrogens (primary N) is 1. The molecule has 0 saturated carbocycles. The maximum absolute atomic E-state index is 11.8. The van der Waals surface area contributed by atoms with E-state index in [0.717, 1.165) is 0 Å². The smallest absolute Gasteiger partial charge is 0.341 e. The molecule has 2 N–H and O–H groups in total. The molecule has 0 fully saturated rings. The number of hydrogen-bond acceptors (Lipinski definition) is 5. The Hall–Kier alpha value is -2.57. The molecule has 1 aromatic heterocycles. The highest BCUT2D eigenvalue weighted by Gasteiger charge is 2.12. The summed E-state index contributed by atoms with van der Waals surface area (Å²) < 4.78 is 6.96. The Balaban J connectivity index is 2.22. The summed E-state index contributed by atoms with van der Waals surface area (Å²) in [5.41, 5.74) is 6.72. The van der Waals surface area contributed by atoms with E-state index in [2.05, 4.69) is 10.1 Å². The number of nitrogens with zero attached hydrogens (tertiary/aromatic N) is 4. The van der Waals surface area contributed by atoms with Crippen LogP contribution in [0.1, 0.15) is 10.4 Å². The minimum atomic E-state index is -0.116. The fourth-order valence-electron chi connectivity index (χ4n) is 1.50. The van der Waals surface area contributed by atoms with Crippen molar-refractivity contribution in [3.05, 3.63) is 30.1 Å². The molecule has 19 heavy (non-hydrogen) atoms. The van der Waals surface area contributed by atoms with Crippen LogP contribution >= 0.6 is 0 Å². The molecule has 0 aliphatic heterocycles. The Morgan fingerprint density at radius 1 is 1.42 bits per heavy atom. The molecular weight excluding hydrogens is 246 g/mol. The first-order valence-corrected chi connectivity index (χ1v) is 5.62. The lowest BCUT2D eigenvalue weighted by atomic mass is 10.1. The van der Waals surface area contributed by atoms with Crippen molar-refractivity contribution in [2.24, 2.45) is 7.05 Å². The minimum Gasteiger partial charge on any atom is -0.421 e. The maximum atomic E-state index is 11.8. The van der Waals surface area contributed by atoms with Gasteiger partial charge in [-0.3, -0.25) is 9.48 Å². The van der Waals surface area contributed by atoms with Crippen LogP contribution < -0.4 is 10.5 Å². The number of hydrogen-bond donors (Lipinski definition) is 1. The molecule has 0 aliphatic rings. The number of carbonyl (C=O) groups is 1. The van der Waals surface area contributed by atoms with Gasteiger partial charge in [0, 0.05) is 26.7 Å². The molecule has 7 heteroatoms. The molecule has 7 nitrogen and oxygen atoms in total. The number of ether oxygens (including phenoxy) is 1. The van der Waals surface area contributed by atoms with Crippen LogP contribution in [-0.4, -0.2) is 39.7 Å². The van der Waals surface area contributed by atoms with E-state index in [-0.39, 0.29) is 11.9 Å². The largest absolute Gasteiger partial charge is 0.421 e. The highest BCUT2D eigenvalue weighted by atomic mass is 16.5. The summed E-state index contributed by atoms with van der Waals surface area (Å²) in [4.78, 5) is 17.2. The van der Waals surface area contributed by atoms with Gasteiger partial charge in [-0.1, -0.05) is 0 Å². The van der Waals surface area contributed by atoms with Gasteiger partial charge in [-0.25, -0.2) is 0 Å². The second kappa shape index (κ2) is 4.97. The van der Waals surface area contributed by atoms with Crippen LogP contribution in [0, 0.1) is 0 Å². The standard InChI is InChI=1S/C12H15N5O2/c1-16(2)11(18)8-4-5-10(9(13)6-8)19-12-14-7-17(3)15-12/h4-7H,13H2,1-3H3. The topological polar surface area (TPSA) is 86.3 Å². The average molecular weight is 261 g/mol. The first kappa shape index (κ1) is 12.9. The van der Waals surface area contributed by atoms with Crippen molar-refractivity contribution < 1.29 is 9.53 Å². The van der Waals surface area contributed by atoms with Crippen LogP contribution in [-0.2, 0) is 7.05 Å². The monoisotopic (exact) mass is 261 g/mol. The van der Waals surface area contributed by atoms with E-state index in [1.165, 1.54) is 15.9 Å². The van der Waals surface area contributed by atoms with E-state index < -0.39 is 0 Å². The molecule has 0 bridgehead atoms. The molecule has 1 amide bonds. The number of benzene rings is 1. The Bertz CT molecular complexity index is 606. The van der Waals surface area contributed by atoms with Crippen molar-refractivity contribution in [2.75, 3.05) is 19.8 Å². The van der Waals surface area contributed by atoms with E-state index in [9.17, 15) is 4.79 Å². The first-order chi connectivity index (χ1) is 8.97. The van der Waals surface area contributed by atoms with E-state index in [1.807, 2.05) is 0 Å². The van der Waals surface area contributed by atoms with Crippen molar-refractivity contribution in [3.8, 4) is 11.8 Å². The van der Waals surface area contributed by atoms with Crippen LogP contribution in [0.4, 0.5) is 5.69 Å². The molecule has 1 heterocycles. The third-order valence-corrected chi connectivity index (χ3v) is 2.44. The SMILES string of the molecule is CN(C)C(=O)c1ccc(Oc2ncn(C)n2)c(N)c1. The van der Waals surface area contributed by atoms with Gasteiger partial charge in [0.15, 0.2) is 5.75 Å². The second-order valence-corrected chi connectivity index (χ2v) is 4.26. The highest BCUT2D eigenvalue weighted by molar-refractivity contribution is 5.95. The van der Waals surface area contributed by atoms with Gasteiger partial charge in [0.05, 0.1) is 5.69 Å². The summed E-state index contributed by atoms with van der Waals surface area (Å²) in [6, 6.07) is 5.06. The lowest BCUT2D eigenvalue weighted by molar-refractivity contribution is 0.0827. The van der Waals surface area contributed by atoms with Gasteiger partial charge >= 0.3 is 6.01 Å². The van der Waals surface area contributed by atoms with E-state index in [1.54, 1.807) is 39.3 Å². The van der Waals surface area contributed by atoms with Crippen LogP contribution in [0.2, 0.25) is 0 Å². The van der Waals surface area contributed by atoms with Crippen molar-refractivity contribution in [2.45, 2.75) is 0 Å². The number of rotatable bonds is 3. The molecule has 100 valence electrons. The van der Waals surface area contributed by atoms with Crippen LogP contribution in [0.15, 0.2) is 24.5 Å². The summed E-state index contributed by atoms with van der Waals surface area (Å²) in [5, 5.41) is 3.99. The van der Waals surface area contributed by atoms with Crippen LogP contribution in [0.3, 0.4) is 0 Å². The average Bonchev–Trinajstić information content (AvgIpc) is 2.76. The lowest BCUT2D eigenvalue weighted by Gasteiger charge is -2.11. The predicted octanol–water partition coefficient (Wildman–Crippen LogP) is 0.891. The Morgan fingerprint density at radius 2 is 2.16 bits per heavy atom. The van der Waals surface area contributed by atoms with Gasteiger partial charge in [-0.15, -0.1) is 5.10 Å². The fraction of sp³-hybridized carbons (Fsp3) is 0.250. The van der Waals surface area contributed by atoms with E-state index in [0.29, 0.717) is 17.0 Å².